The Balaban J connectivity index is 1.77. The van der Waals surface area contributed by atoms with E-state index in [4.69, 9.17) is 4.74 Å². The molecule has 8 heteroatoms. The Bertz CT molecular complexity index is 581. The number of aryl methyl sites for hydroxylation is 2. The van der Waals surface area contributed by atoms with Crippen molar-refractivity contribution in [2.24, 2.45) is 0 Å². The second-order valence-electron chi connectivity index (χ2n) is 6.92. The lowest BCUT2D eigenvalue weighted by Gasteiger charge is -2.35. The van der Waals surface area contributed by atoms with E-state index in [1.807, 2.05) is 33.9 Å². The lowest BCUT2D eigenvalue weighted by molar-refractivity contribution is -0.133. The van der Waals surface area contributed by atoms with Crippen LogP contribution < -0.4 is 0 Å². The minimum atomic E-state index is -0.500. The summed E-state index contributed by atoms with van der Waals surface area (Å²) in [5, 5.41) is 4.33. The van der Waals surface area contributed by atoms with Gasteiger partial charge in [0.15, 0.2) is 0 Å². The molecule has 0 N–H and O–H groups in total. The van der Waals surface area contributed by atoms with Crippen LogP contribution in [0.15, 0.2) is 10.7 Å². The first-order valence-electron chi connectivity index (χ1n) is 8.11. The van der Waals surface area contributed by atoms with E-state index >= 15 is 0 Å². The predicted octanol–water partition coefficient (Wildman–Crippen LogP) is 2.42. The number of carbonyl (C=O) groups is 2. The molecule has 0 spiro atoms. The molecule has 0 unspecified atom stereocenters. The molecule has 0 saturated carbocycles. The van der Waals surface area contributed by atoms with Gasteiger partial charge < -0.3 is 14.5 Å². The van der Waals surface area contributed by atoms with Gasteiger partial charge in [-0.2, -0.15) is 5.10 Å². The van der Waals surface area contributed by atoms with Gasteiger partial charge in [0.1, 0.15) is 5.60 Å². The van der Waals surface area contributed by atoms with Gasteiger partial charge in [-0.15, -0.1) is 0 Å². The maximum absolute atomic E-state index is 12.3. The van der Waals surface area contributed by atoms with E-state index in [9.17, 15) is 9.59 Å². The zero-order valence-electron chi connectivity index (χ0n) is 14.7. The number of piperazine rings is 1. The maximum Gasteiger partial charge on any atom is 0.410 e. The topological polar surface area (TPSA) is 67.7 Å². The third kappa shape index (κ3) is 5.22. The second kappa shape index (κ2) is 7.55. The lowest BCUT2D eigenvalue weighted by atomic mass is 10.2. The molecule has 0 atom stereocenters. The highest BCUT2D eigenvalue weighted by atomic mass is 79.9. The summed E-state index contributed by atoms with van der Waals surface area (Å²) in [7, 11) is 0. The summed E-state index contributed by atoms with van der Waals surface area (Å²) in [6.07, 6.45) is 1.97. The van der Waals surface area contributed by atoms with E-state index < -0.39 is 5.60 Å². The van der Waals surface area contributed by atoms with Crippen LogP contribution in [-0.4, -0.2) is 63.4 Å². The van der Waals surface area contributed by atoms with Crippen molar-refractivity contribution >= 4 is 27.9 Å². The molecule has 1 saturated heterocycles. The summed E-state index contributed by atoms with van der Waals surface area (Å²) >= 11 is 3.41. The van der Waals surface area contributed by atoms with Crippen molar-refractivity contribution in [1.82, 2.24) is 19.6 Å². The van der Waals surface area contributed by atoms with Gasteiger partial charge in [-0.1, -0.05) is 0 Å². The van der Waals surface area contributed by atoms with E-state index in [2.05, 4.69) is 21.0 Å². The number of rotatable bonds is 3. The molecule has 1 fully saturated rings. The van der Waals surface area contributed by atoms with Gasteiger partial charge in [-0.25, -0.2) is 4.79 Å². The number of ether oxygens (including phenoxy) is 1. The minimum absolute atomic E-state index is 0.0862. The minimum Gasteiger partial charge on any atom is -0.444 e. The van der Waals surface area contributed by atoms with E-state index in [-0.39, 0.29) is 12.0 Å². The lowest BCUT2D eigenvalue weighted by Crippen LogP contribution is -2.51. The van der Waals surface area contributed by atoms with E-state index in [1.54, 1.807) is 14.5 Å². The fourth-order valence-corrected chi connectivity index (χ4v) is 2.76. The first kappa shape index (κ1) is 18.8. The Labute approximate surface area is 151 Å². The molecular formula is C16H25BrN4O3. The smallest absolute Gasteiger partial charge is 0.410 e. The molecule has 1 aliphatic heterocycles. The van der Waals surface area contributed by atoms with E-state index in [0.29, 0.717) is 39.1 Å². The van der Waals surface area contributed by atoms with Crippen LogP contribution in [0, 0.1) is 6.92 Å². The summed E-state index contributed by atoms with van der Waals surface area (Å²) in [5.41, 5.74) is 0.411. The number of aromatic nitrogens is 2. The Morgan fingerprint density at radius 3 is 2.29 bits per heavy atom. The maximum atomic E-state index is 12.3. The van der Waals surface area contributed by atoms with Crippen LogP contribution in [0.25, 0.3) is 0 Å². The van der Waals surface area contributed by atoms with Crippen molar-refractivity contribution in [2.45, 2.75) is 46.3 Å². The highest BCUT2D eigenvalue weighted by Gasteiger charge is 2.27. The molecule has 1 aliphatic rings. The summed E-state index contributed by atoms with van der Waals surface area (Å²) in [4.78, 5) is 27.8. The monoisotopic (exact) mass is 400 g/mol. The van der Waals surface area contributed by atoms with Crippen LogP contribution >= 0.6 is 15.9 Å². The number of nitrogens with zero attached hydrogens (tertiary/aromatic N) is 4. The van der Waals surface area contributed by atoms with Crippen LogP contribution in [0.5, 0.6) is 0 Å². The first-order valence-corrected chi connectivity index (χ1v) is 8.90. The van der Waals surface area contributed by atoms with Gasteiger partial charge in [0, 0.05) is 45.3 Å². The molecule has 2 heterocycles. The molecule has 0 bridgehead atoms. The molecule has 2 amide bonds. The summed E-state index contributed by atoms with van der Waals surface area (Å²) in [5.74, 6) is 0.0862. The SMILES string of the molecule is Cc1nn(CCC(=O)N2CCN(C(=O)OC(C)(C)C)CC2)cc1Br. The molecule has 0 radical (unpaired) electrons. The van der Waals surface area contributed by atoms with Gasteiger partial charge in [-0.3, -0.25) is 9.48 Å². The van der Waals surface area contributed by atoms with Crippen molar-refractivity contribution in [3.63, 3.8) is 0 Å². The average molecular weight is 401 g/mol. The highest BCUT2D eigenvalue weighted by molar-refractivity contribution is 9.10. The molecule has 134 valence electrons. The zero-order valence-corrected chi connectivity index (χ0v) is 16.3. The number of carbonyl (C=O) groups excluding carboxylic acids is 2. The first-order chi connectivity index (χ1) is 11.2. The molecule has 1 aromatic heterocycles. The Hall–Kier alpha value is -1.57. The van der Waals surface area contributed by atoms with Gasteiger partial charge in [0.25, 0.3) is 0 Å². The fourth-order valence-electron chi connectivity index (χ4n) is 2.44. The third-order valence-corrected chi connectivity index (χ3v) is 4.50. The van der Waals surface area contributed by atoms with E-state index in [0.717, 1.165) is 10.2 Å². The quantitative estimate of drug-likeness (QED) is 0.780. The van der Waals surface area contributed by atoms with Gasteiger partial charge in [-0.05, 0) is 43.6 Å². The fraction of sp³-hybridized carbons (Fsp3) is 0.688. The zero-order chi connectivity index (χ0) is 17.9. The summed E-state index contributed by atoms with van der Waals surface area (Å²) in [6.45, 7) is 10.1. The van der Waals surface area contributed by atoms with Crippen LogP contribution in [0.2, 0.25) is 0 Å². The predicted molar refractivity (Wildman–Crippen MR) is 93.7 cm³/mol. The van der Waals surface area contributed by atoms with E-state index in [1.165, 1.54) is 0 Å². The number of hydrogen-bond donors (Lipinski definition) is 0. The van der Waals surface area contributed by atoms with Gasteiger partial charge in [0.05, 0.1) is 10.2 Å². The molecule has 0 aliphatic carbocycles. The normalized spacial score (nSPS) is 15.5. The van der Waals surface area contributed by atoms with Gasteiger partial charge in [0.2, 0.25) is 5.91 Å². The van der Waals surface area contributed by atoms with Crippen molar-refractivity contribution in [2.75, 3.05) is 26.2 Å². The van der Waals surface area contributed by atoms with Crippen molar-refractivity contribution in [3.8, 4) is 0 Å². The van der Waals surface area contributed by atoms with Crippen LogP contribution in [0.4, 0.5) is 4.79 Å². The van der Waals surface area contributed by atoms with Gasteiger partial charge >= 0.3 is 6.09 Å². The van der Waals surface area contributed by atoms with Crippen LogP contribution in [0.3, 0.4) is 0 Å². The average Bonchev–Trinajstić information content (AvgIpc) is 2.82. The molecular weight excluding hydrogens is 376 g/mol. The van der Waals surface area contributed by atoms with Crippen molar-refractivity contribution in [1.29, 1.82) is 0 Å². The second-order valence-corrected chi connectivity index (χ2v) is 7.78. The van der Waals surface area contributed by atoms with Crippen LogP contribution in [-0.2, 0) is 16.1 Å². The Morgan fingerprint density at radius 1 is 1.21 bits per heavy atom. The number of hydrogen-bond acceptors (Lipinski definition) is 4. The molecule has 0 aromatic carbocycles. The Morgan fingerprint density at radius 2 is 1.79 bits per heavy atom. The summed E-state index contributed by atoms with van der Waals surface area (Å²) in [6, 6.07) is 0. The van der Waals surface area contributed by atoms with Crippen molar-refractivity contribution < 1.29 is 14.3 Å². The molecule has 7 nitrogen and oxygen atoms in total. The third-order valence-electron chi connectivity index (χ3n) is 3.73. The Kier molecular flexibility index (Phi) is 5.90. The molecule has 2 rings (SSSR count). The number of halogens is 1. The largest absolute Gasteiger partial charge is 0.444 e. The van der Waals surface area contributed by atoms with Crippen LogP contribution in [0.1, 0.15) is 32.9 Å². The standard InChI is InChI=1S/C16H25BrN4O3/c1-12-13(17)11-21(18-12)6-5-14(22)19-7-9-20(10-8-19)15(23)24-16(2,3)4/h11H,5-10H2,1-4H3. The number of amides is 2. The summed E-state index contributed by atoms with van der Waals surface area (Å²) < 4.78 is 8.08. The van der Waals surface area contributed by atoms with Crippen molar-refractivity contribution in [3.05, 3.63) is 16.4 Å². The highest BCUT2D eigenvalue weighted by Crippen LogP contribution is 2.14. The molecule has 24 heavy (non-hydrogen) atoms. The molecule has 1 aromatic rings.